The van der Waals surface area contributed by atoms with Gasteiger partial charge in [-0.1, -0.05) is 30.3 Å². The zero-order valence-corrected chi connectivity index (χ0v) is 16.2. The number of aromatic amines is 1. The highest BCUT2D eigenvalue weighted by Crippen LogP contribution is 2.32. The fraction of sp³-hybridized carbons (Fsp3) is 0.348. The van der Waals surface area contributed by atoms with Crippen molar-refractivity contribution in [3.05, 3.63) is 65.9 Å². The minimum Gasteiger partial charge on any atom is -0.497 e. The molecule has 1 aliphatic rings. The van der Waals surface area contributed by atoms with Crippen LogP contribution in [0.25, 0.3) is 10.9 Å². The molecular weight excluding hydrogens is 350 g/mol. The van der Waals surface area contributed by atoms with Crippen LogP contribution in [-0.2, 0) is 4.79 Å². The molecule has 3 atom stereocenters. The largest absolute Gasteiger partial charge is 0.497 e. The summed E-state index contributed by atoms with van der Waals surface area (Å²) in [5.74, 6) is 1.03. The van der Waals surface area contributed by atoms with E-state index in [4.69, 9.17) is 10.5 Å². The van der Waals surface area contributed by atoms with Gasteiger partial charge in [-0.05, 0) is 48.6 Å². The predicted octanol–water partition coefficient (Wildman–Crippen LogP) is 3.55. The molecule has 3 unspecified atom stereocenters. The topological polar surface area (TPSA) is 80.1 Å². The third kappa shape index (κ3) is 3.76. The first kappa shape index (κ1) is 18.6. The number of benzene rings is 2. The molecular formula is C23H27N3O2. The van der Waals surface area contributed by atoms with Gasteiger partial charge in [0.05, 0.1) is 7.11 Å². The molecule has 1 amide bonds. The van der Waals surface area contributed by atoms with Gasteiger partial charge in [0.1, 0.15) is 5.75 Å². The zero-order chi connectivity index (χ0) is 19.5. The lowest BCUT2D eigenvalue weighted by molar-refractivity contribution is -0.124. The standard InChI is InChI=1S/C23H27N3O2/c1-28-18-10-7-15(8-11-18)20(13-26-23(27)16-6-9-17(24)12-16)21-14-25-22-5-3-2-4-19(21)22/h2-5,7-8,10-11,14,16-17,20,25H,6,9,12-13,24H2,1H3,(H,26,27). The Kier molecular flexibility index (Phi) is 5.35. The van der Waals surface area contributed by atoms with Crippen LogP contribution in [0.15, 0.2) is 54.7 Å². The van der Waals surface area contributed by atoms with Crippen molar-refractivity contribution in [2.75, 3.05) is 13.7 Å². The summed E-state index contributed by atoms with van der Waals surface area (Å²) in [4.78, 5) is 16.0. The number of fused-ring (bicyclic) bond motifs is 1. The Bertz CT molecular complexity index is 948. The molecule has 0 saturated heterocycles. The molecule has 0 spiro atoms. The Balaban J connectivity index is 1.60. The van der Waals surface area contributed by atoms with E-state index >= 15 is 0 Å². The second kappa shape index (κ2) is 8.07. The summed E-state index contributed by atoms with van der Waals surface area (Å²) in [5, 5.41) is 4.37. The summed E-state index contributed by atoms with van der Waals surface area (Å²) in [5.41, 5.74) is 9.41. The Morgan fingerprint density at radius 2 is 2.00 bits per heavy atom. The van der Waals surface area contributed by atoms with Crippen molar-refractivity contribution < 1.29 is 9.53 Å². The summed E-state index contributed by atoms with van der Waals surface area (Å²) >= 11 is 0. The average Bonchev–Trinajstić information content (AvgIpc) is 3.35. The molecule has 4 rings (SSSR count). The third-order valence-electron chi connectivity index (χ3n) is 5.84. The molecule has 0 bridgehead atoms. The van der Waals surface area contributed by atoms with Crippen LogP contribution in [0.2, 0.25) is 0 Å². The van der Waals surface area contributed by atoms with Gasteiger partial charge in [-0.3, -0.25) is 4.79 Å². The van der Waals surface area contributed by atoms with Crippen molar-refractivity contribution >= 4 is 16.8 Å². The van der Waals surface area contributed by atoms with E-state index in [0.29, 0.717) is 6.54 Å². The Morgan fingerprint density at radius 3 is 2.71 bits per heavy atom. The number of rotatable bonds is 6. The van der Waals surface area contributed by atoms with Crippen LogP contribution in [0, 0.1) is 5.92 Å². The van der Waals surface area contributed by atoms with Crippen molar-refractivity contribution in [1.29, 1.82) is 0 Å². The lowest BCUT2D eigenvalue weighted by atomic mass is 9.90. The Hall–Kier alpha value is -2.79. The first-order valence-electron chi connectivity index (χ1n) is 9.89. The predicted molar refractivity (Wildman–Crippen MR) is 111 cm³/mol. The van der Waals surface area contributed by atoms with Gasteiger partial charge in [-0.15, -0.1) is 0 Å². The quantitative estimate of drug-likeness (QED) is 0.614. The molecule has 4 N–H and O–H groups in total. The van der Waals surface area contributed by atoms with Crippen molar-refractivity contribution in [3.63, 3.8) is 0 Å². The zero-order valence-electron chi connectivity index (χ0n) is 16.2. The van der Waals surface area contributed by atoms with E-state index in [0.717, 1.165) is 36.1 Å². The van der Waals surface area contributed by atoms with Gasteiger partial charge in [0.2, 0.25) is 5.91 Å². The van der Waals surface area contributed by atoms with E-state index in [1.54, 1.807) is 7.11 Å². The number of ether oxygens (including phenoxy) is 1. The number of amides is 1. The second-order valence-corrected chi connectivity index (χ2v) is 7.63. The van der Waals surface area contributed by atoms with E-state index in [1.165, 1.54) is 10.9 Å². The van der Waals surface area contributed by atoms with Crippen LogP contribution in [0.1, 0.15) is 36.3 Å². The van der Waals surface area contributed by atoms with Crippen molar-refractivity contribution in [2.24, 2.45) is 11.7 Å². The van der Waals surface area contributed by atoms with Gasteiger partial charge in [0.15, 0.2) is 0 Å². The smallest absolute Gasteiger partial charge is 0.223 e. The van der Waals surface area contributed by atoms with Crippen LogP contribution < -0.4 is 15.8 Å². The van der Waals surface area contributed by atoms with Crippen molar-refractivity contribution in [3.8, 4) is 5.75 Å². The van der Waals surface area contributed by atoms with Gasteiger partial charge in [0.25, 0.3) is 0 Å². The second-order valence-electron chi connectivity index (χ2n) is 7.63. The molecule has 2 aromatic carbocycles. The number of hydrogen-bond acceptors (Lipinski definition) is 3. The SMILES string of the molecule is COc1ccc(C(CNC(=O)C2CCC(N)C2)c2c[nH]c3ccccc23)cc1. The lowest BCUT2D eigenvalue weighted by Gasteiger charge is -2.20. The van der Waals surface area contributed by atoms with Gasteiger partial charge in [0, 0.05) is 41.5 Å². The Labute approximate surface area is 165 Å². The highest BCUT2D eigenvalue weighted by Gasteiger charge is 2.28. The van der Waals surface area contributed by atoms with Crippen LogP contribution >= 0.6 is 0 Å². The molecule has 1 fully saturated rings. The number of nitrogens with one attached hydrogen (secondary N) is 2. The summed E-state index contributed by atoms with van der Waals surface area (Å²) in [6.07, 6.45) is 4.65. The maximum atomic E-state index is 12.7. The summed E-state index contributed by atoms with van der Waals surface area (Å²) < 4.78 is 5.30. The van der Waals surface area contributed by atoms with Gasteiger partial charge >= 0.3 is 0 Å². The minimum atomic E-state index is 0.0366. The maximum Gasteiger partial charge on any atom is 0.223 e. The van der Waals surface area contributed by atoms with Crippen molar-refractivity contribution in [1.82, 2.24) is 10.3 Å². The molecule has 0 radical (unpaired) electrons. The van der Waals surface area contributed by atoms with Crippen LogP contribution in [0.3, 0.4) is 0 Å². The third-order valence-corrected chi connectivity index (χ3v) is 5.84. The average molecular weight is 377 g/mol. The van der Waals surface area contributed by atoms with Crippen LogP contribution in [0.5, 0.6) is 5.75 Å². The van der Waals surface area contributed by atoms with E-state index < -0.39 is 0 Å². The van der Waals surface area contributed by atoms with Crippen LogP contribution in [-0.4, -0.2) is 30.6 Å². The van der Waals surface area contributed by atoms with Crippen LogP contribution in [0.4, 0.5) is 0 Å². The summed E-state index contributed by atoms with van der Waals surface area (Å²) in [6.45, 7) is 0.554. The molecule has 1 aromatic heterocycles. The fourth-order valence-corrected chi connectivity index (χ4v) is 4.23. The Morgan fingerprint density at radius 1 is 1.21 bits per heavy atom. The maximum absolute atomic E-state index is 12.7. The number of carbonyl (C=O) groups is 1. The van der Waals surface area contributed by atoms with E-state index in [-0.39, 0.29) is 23.8 Å². The number of para-hydroxylation sites is 1. The molecule has 1 saturated carbocycles. The minimum absolute atomic E-state index is 0.0366. The highest BCUT2D eigenvalue weighted by molar-refractivity contribution is 5.84. The van der Waals surface area contributed by atoms with E-state index in [2.05, 4.69) is 40.8 Å². The number of carbonyl (C=O) groups excluding carboxylic acids is 1. The lowest BCUT2D eigenvalue weighted by Crippen LogP contribution is -2.33. The fourth-order valence-electron chi connectivity index (χ4n) is 4.23. The molecule has 5 heteroatoms. The molecule has 0 aliphatic heterocycles. The first-order chi connectivity index (χ1) is 13.7. The summed E-state index contributed by atoms with van der Waals surface area (Å²) in [6, 6.07) is 16.5. The monoisotopic (exact) mass is 377 g/mol. The van der Waals surface area contributed by atoms with Gasteiger partial charge in [-0.25, -0.2) is 0 Å². The molecule has 1 aliphatic carbocycles. The normalized spacial score (nSPS) is 20.2. The number of H-pyrrole nitrogens is 1. The van der Waals surface area contributed by atoms with Gasteiger partial charge < -0.3 is 20.8 Å². The number of aromatic nitrogens is 1. The van der Waals surface area contributed by atoms with Gasteiger partial charge in [-0.2, -0.15) is 0 Å². The first-order valence-corrected chi connectivity index (χ1v) is 9.89. The number of nitrogens with two attached hydrogens (primary N) is 1. The molecule has 146 valence electrons. The molecule has 28 heavy (non-hydrogen) atoms. The summed E-state index contributed by atoms with van der Waals surface area (Å²) in [7, 11) is 1.67. The van der Waals surface area contributed by atoms with E-state index in [1.807, 2.05) is 24.3 Å². The number of hydrogen-bond donors (Lipinski definition) is 3. The van der Waals surface area contributed by atoms with E-state index in [9.17, 15) is 4.79 Å². The molecule has 3 aromatic rings. The van der Waals surface area contributed by atoms with Crippen molar-refractivity contribution in [2.45, 2.75) is 31.2 Å². The molecule has 1 heterocycles. The highest BCUT2D eigenvalue weighted by atomic mass is 16.5. The molecule has 5 nitrogen and oxygen atoms in total. The number of methoxy groups -OCH3 is 1.